The van der Waals surface area contributed by atoms with Gasteiger partial charge in [0.25, 0.3) is 0 Å². The summed E-state index contributed by atoms with van der Waals surface area (Å²) in [7, 11) is 1.48. The van der Waals surface area contributed by atoms with Crippen molar-refractivity contribution in [1.82, 2.24) is 4.90 Å². The predicted octanol–water partition coefficient (Wildman–Crippen LogP) is 1.81. The molecule has 1 fully saturated rings. The number of carbonyl (C=O) groups is 1. The minimum Gasteiger partial charge on any atom is -0.468 e. The van der Waals surface area contributed by atoms with Crippen molar-refractivity contribution in [2.45, 2.75) is 45.1 Å². The van der Waals surface area contributed by atoms with Crippen LogP contribution in [0.1, 0.15) is 39.0 Å². The zero-order valence-corrected chi connectivity index (χ0v) is 9.29. The number of unbranched alkanes of at least 4 members (excludes halogenated alkanes) is 1. The van der Waals surface area contributed by atoms with Crippen LogP contribution in [0.5, 0.6) is 0 Å². The predicted molar refractivity (Wildman–Crippen MR) is 56.1 cm³/mol. The molecule has 0 radical (unpaired) electrons. The van der Waals surface area contributed by atoms with Gasteiger partial charge in [-0.15, -0.1) is 0 Å². The van der Waals surface area contributed by atoms with Gasteiger partial charge >= 0.3 is 5.97 Å². The fraction of sp³-hybridized carbons (Fsp3) is 0.909. The molecule has 0 aromatic carbocycles. The Bertz CT molecular complexity index is 182. The number of likely N-dealkylation sites (tertiary alicyclic amines) is 1. The largest absolute Gasteiger partial charge is 0.468 e. The van der Waals surface area contributed by atoms with Gasteiger partial charge in [-0.2, -0.15) is 0 Å². The number of carbonyl (C=O) groups excluding carboxylic acids is 1. The normalized spacial score (nSPS) is 23.4. The highest BCUT2D eigenvalue weighted by molar-refractivity contribution is 5.75. The summed E-state index contributed by atoms with van der Waals surface area (Å²) in [5.74, 6) is -0.0548. The fourth-order valence-electron chi connectivity index (χ4n) is 2.02. The molecule has 82 valence electrons. The maximum absolute atomic E-state index is 11.5. The third kappa shape index (κ3) is 2.98. The van der Waals surface area contributed by atoms with E-state index in [2.05, 4.69) is 11.8 Å². The minimum absolute atomic E-state index is 0.0281. The first-order chi connectivity index (χ1) is 6.79. The zero-order chi connectivity index (χ0) is 10.4. The van der Waals surface area contributed by atoms with Crippen molar-refractivity contribution in [3.63, 3.8) is 0 Å². The molecule has 0 saturated carbocycles. The van der Waals surface area contributed by atoms with E-state index in [0.717, 1.165) is 25.9 Å². The Balaban J connectivity index is 2.45. The van der Waals surface area contributed by atoms with Crippen LogP contribution in [-0.2, 0) is 9.53 Å². The molecule has 1 heterocycles. The van der Waals surface area contributed by atoms with E-state index in [9.17, 15) is 4.79 Å². The van der Waals surface area contributed by atoms with E-state index in [-0.39, 0.29) is 12.0 Å². The molecular weight excluding hydrogens is 178 g/mol. The maximum Gasteiger partial charge on any atom is 0.323 e. The van der Waals surface area contributed by atoms with Crippen LogP contribution in [0.2, 0.25) is 0 Å². The lowest BCUT2D eigenvalue weighted by molar-refractivity contribution is -0.148. The summed E-state index contributed by atoms with van der Waals surface area (Å²) in [6.45, 7) is 4.27. The number of hydrogen-bond acceptors (Lipinski definition) is 3. The van der Waals surface area contributed by atoms with Gasteiger partial charge in [-0.05, 0) is 32.4 Å². The lowest BCUT2D eigenvalue weighted by Gasteiger charge is -2.33. The standard InChI is InChI=1S/C11H21NO2/c1-3-4-8-12-9-6-5-7-10(12)11(13)14-2/h10H,3-9H2,1-2H3/t10-/m1/s1. The summed E-state index contributed by atoms with van der Waals surface area (Å²) in [6, 6.07) is 0.0281. The van der Waals surface area contributed by atoms with Crippen LogP contribution < -0.4 is 0 Å². The molecule has 1 rings (SSSR count). The van der Waals surface area contributed by atoms with Crippen molar-refractivity contribution in [3.8, 4) is 0 Å². The monoisotopic (exact) mass is 199 g/mol. The van der Waals surface area contributed by atoms with Crippen molar-refractivity contribution >= 4 is 5.97 Å². The zero-order valence-electron chi connectivity index (χ0n) is 9.29. The second-order valence-corrected chi connectivity index (χ2v) is 3.92. The minimum atomic E-state index is -0.0548. The van der Waals surface area contributed by atoms with Gasteiger partial charge in [0.2, 0.25) is 0 Å². The van der Waals surface area contributed by atoms with E-state index in [1.54, 1.807) is 0 Å². The molecule has 1 saturated heterocycles. The van der Waals surface area contributed by atoms with Crippen molar-refractivity contribution in [3.05, 3.63) is 0 Å². The third-order valence-electron chi connectivity index (χ3n) is 2.89. The molecule has 14 heavy (non-hydrogen) atoms. The number of nitrogens with zero attached hydrogens (tertiary/aromatic N) is 1. The number of ether oxygens (including phenoxy) is 1. The highest BCUT2D eigenvalue weighted by atomic mass is 16.5. The number of hydrogen-bond donors (Lipinski definition) is 0. The van der Waals surface area contributed by atoms with Crippen molar-refractivity contribution in [2.75, 3.05) is 20.2 Å². The van der Waals surface area contributed by atoms with Crippen LogP contribution in [0.15, 0.2) is 0 Å². The first-order valence-corrected chi connectivity index (χ1v) is 5.61. The van der Waals surface area contributed by atoms with Gasteiger partial charge in [-0.1, -0.05) is 19.8 Å². The summed E-state index contributed by atoms with van der Waals surface area (Å²) in [4.78, 5) is 13.8. The number of piperidine rings is 1. The second-order valence-electron chi connectivity index (χ2n) is 3.92. The first kappa shape index (κ1) is 11.5. The molecule has 1 aliphatic rings. The van der Waals surface area contributed by atoms with Gasteiger partial charge in [0, 0.05) is 0 Å². The summed E-state index contributed by atoms with van der Waals surface area (Å²) in [6.07, 6.45) is 5.70. The third-order valence-corrected chi connectivity index (χ3v) is 2.89. The smallest absolute Gasteiger partial charge is 0.323 e. The summed E-state index contributed by atoms with van der Waals surface area (Å²) >= 11 is 0. The van der Waals surface area contributed by atoms with E-state index in [4.69, 9.17) is 4.74 Å². The summed E-state index contributed by atoms with van der Waals surface area (Å²) < 4.78 is 4.82. The average Bonchev–Trinajstić information content (AvgIpc) is 2.25. The van der Waals surface area contributed by atoms with Crippen molar-refractivity contribution in [1.29, 1.82) is 0 Å². The van der Waals surface area contributed by atoms with Crippen LogP contribution in [-0.4, -0.2) is 37.1 Å². The SMILES string of the molecule is CCCCN1CCCC[C@@H]1C(=O)OC. The highest BCUT2D eigenvalue weighted by Crippen LogP contribution is 2.18. The van der Waals surface area contributed by atoms with Crippen LogP contribution >= 0.6 is 0 Å². The van der Waals surface area contributed by atoms with Crippen LogP contribution in [0.4, 0.5) is 0 Å². The first-order valence-electron chi connectivity index (χ1n) is 5.61. The van der Waals surface area contributed by atoms with Gasteiger partial charge in [-0.25, -0.2) is 0 Å². The van der Waals surface area contributed by atoms with Crippen molar-refractivity contribution < 1.29 is 9.53 Å². The molecule has 1 aliphatic heterocycles. The average molecular weight is 199 g/mol. The maximum atomic E-state index is 11.5. The topological polar surface area (TPSA) is 29.5 Å². The Morgan fingerprint density at radius 1 is 1.50 bits per heavy atom. The molecule has 1 atom stereocenters. The van der Waals surface area contributed by atoms with Crippen LogP contribution in [0.3, 0.4) is 0 Å². The van der Waals surface area contributed by atoms with E-state index in [1.807, 2.05) is 0 Å². The molecule has 0 aromatic heterocycles. The van der Waals surface area contributed by atoms with Gasteiger partial charge in [0.1, 0.15) is 6.04 Å². The Labute approximate surface area is 86.4 Å². The Hall–Kier alpha value is -0.570. The molecule has 0 unspecified atom stereocenters. The van der Waals surface area contributed by atoms with Gasteiger partial charge in [0.15, 0.2) is 0 Å². The Morgan fingerprint density at radius 2 is 2.29 bits per heavy atom. The number of methoxy groups -OCH3 is 1. The Morgan fingerprint density at radius 3 is 2.93 bits per heavy atom. The molecule has 0 bridgehead atoms. The van der Waals surface area contributed by atoms with Gasteiger partial charge in [-0.3, -0.25) is 9.69 Å². The van der Waals surface area contributed by atoms with Gasteiger partial charge < -0.3 is 4.74 Å². The van der Waals surface area contributed by atoms with Crippen LogP contribution in [0.25, 0.3) is 0 Å². The second kappa shape index (κ2) is 6.02. The number of rotatable bonds is 4. The molecule has 0 aliphatic carbocycles. The van der Waals surface area contributed by atoms with Crippen LogP contribution in [0, 0.1) is 0 Å². The Kier molecular flexibility index (Phi) is 4.94. The number of esters is 1. The molecule has 3 nitrogen and oxygen atoms in total. The molecule has 0 spiro atoms. The molecule has 3 heteroatoms. The lowest BCUT2D eigenvalue weighted by atomic mass is 10.0. The van der Waals surface area contributed by atoms with Gasteiger partial charge in [0.05, 0.1) is 7.11 Å². The highest BCUT2D eigenvalue weighted by Gasteiger charge is 2.28. The fourth-order valence-corrected chi connectivity index (χ4v) is 2.02. The van der Waals surface area contributed by atoms with E-state index in [0.29, 0.717) is 0 Å². The quantitative estimate of drug-likeness (QED) is 0.647. The molecule has 0 N–H and O–H groups in total. The molecule has 0 aromatic rings. The molecule has 0 amide bonds. The van der Waals surface area contributed by atoms with E-state index < -0.39 is 0 Å². The lowest BCUT2D eigenvalue weighted by Crippen LogP contribution is -2.45. The molecular formula is C11H21NO2. The van der Waals surface area contributed by atoms with E-state index in [1.165, 1.54) is 26.4 Å². The summed E-state index contributed by atoms with van der Waals surface area (Å²) in [5.41, 5.74) is 0. The summed E-state index contributed by atoms with van der Waals surface area (Å²) in [5, 5.41) is 0. The van der Waals surface area contributed by atoms with E-state index >= 15 is 0 Å². The van der Waals surface area contributed by atoms with Crippen molar-refractivity contribution in [2.24, 2.45) is 0 Å².